The van der Waals surface area contributed by atoms with Crippen molar-refractivity contribution in [1.82, 2.24) is 4.90 Å². The van der Waals surface area contributed by atoms with E-state index >= 15 is 0 Å². The summed E-state index contributed by atoms with van der Waals surface area (Å²) >= 11 is 6.10. The summed E-state index contributed by atoms with van der Waals surface area (Å²) in [7, 11) is 1.26. The van der Waals surface area contributed by atoms with Crippen LogP contribution in [0, 0.1) is 5.82 Å². The second kappa shape index (κ2) is 7.74. The highest BCUT2D eigenvalue weighted by atomic mass is 35.5. The van der Waals surface area contributed by atoms with Crippen LogP contribution in [-0.2, 0) is 9.53 Å². The first kappa shape index (κ1) is 18.2. The van der Waals surface area contributed by atoms with Gasteiger partial charge in [0.05, 0.1) is 24.2 Å². The van der Waals surface area contributed by atoms with Crippen LogP contribution < -0.4 is 4.74 Å². The number of carbonyl (C=O) groups is 2. The van der Waals surface area contributed by atoms with Crippen molar-refractivity contribution in [3.8, 4) is 5.75 Å². The summed E-state index contributed by atoms with van der Waals surface area (Å²) in [5.41, 5.74) is 0.287. The van der Waals surface area contributed by atoms with Crippen molar-refractivity contribution < 1.29 is 23.5 Å². The molecule has 2 aromatic carbocycles. The number of amides is 1. The number of hydrogen-bond acceptors (Lipinski definition) is 4. The van der Waals surface area contributed by atoms with E-state index in [1.165, 1.54) is 24.1 Å². The maximum absolute atomic E-state index is 13.8. The highest BCUT2D eigenvalue weighted by molar-refractivity contribution is 6.33. The number of likely N-dealkylation sites (tertiary alicyclic amines) is 1. The number of esters is 1. The molecular weight excluding hydrogens is 361 g/mol. The predicted octanol–water partition coefficient (Wildman–Crippen LogP) is 3.31. The van der Waals surface area contributed by atoms with Crippen LogP contribution in [0.2, 0.25) is 5.02 Å². The molecule has 26 heavy (non-hydrogen) atoms. The van der Waals surface area contributed by atoms with Gasteiger partial charge in [-0.2, -0.15) is 0 Å². The number of ether oxygens (including phenoxy) is 2. The van der Waals surface area contributed by atoms with Crippen LogP contribution in [0.3, 0.4) is 0 Å². The molecule has 1 amide bonds. The summed E-state index contributed by atoms with van der Waals surface area (Å²) in [5.74, 6) is -1.37. The third kappa shape index (κ3) is 3.65. The minimum atomic E-state index is -0.819. The first-order chi connectivity index (χ1) is 12.5. The molecule has 1 aliphatic heterocycles. The number of hydrogen-bond donors (Lipinski definition) is 0. The van der Waals surface area contributed by atoms with Gasteiger partial charge in [-0.25, -0.2) is 9.18 Å². The molecule has 0 N–H and O–H groups in total. The van der Waals surface area contributed by atoms with E-state index in [0.717, 1.165) is 0 Å². The Morgan fingerprint density at radius 1 is 1.15 bits per heavy atom. The monoisotopic (exact) mass is 377 g/mol. The Labute approximate surface area is 155 Å². The summed E-state index contributed by atoms with van der Waals surface area (Å²) in [4.78, 5) is 26.4. The van der Waals surface area contributed by atoms with Crippen LogP contribution in [-0.4, -0.2) is 42.6 Å². The molecule has 2 aromatic rings. The van der Waals surface area contributed by atoms with Gasteiger partial charge in [0.25, 0.3) is 5.91 Å². The van der Waals surface area contributed by atoms with Crippen LogP contribution >= 0.6 is 11.6 Å². The lowest BCUT2D eigenvalue weighted by Crippen LogP contribution is -2.41. The largest absolute Gasteiger partial charge is 0.485 e. The van der Waals surface area contributed by atoms with E-state index in [-0.39, 0.29) is 24.3 Å². The molecule has 0 aromatic heterocycles. The number of para-hydroxylation sites is 1. The van der Waals surface area contributed by atoms with E-state index in [4.69, 9.17) is 21.1 Å². The second-order valence-corrected chi connectivity index (χ2v) is 6.29. The van der Waals surface area contributed by atoms with Gasteiger partial charge in [0, 0.05) is 6.42 Å². The van der Waals surface area contributed by atoms with E-state index in [1.54, 1.807) is 36.4 Å². The summed E-state index contributed by atoms with van der Waals surface area (Å²) in [6.45, 7) is 0.123. The molecule has 1 saturated heterocycles. The summed E-state index contributed by atoms with van der Waals surface area (Å²) in [6.07, 6.45) is -0.334. The van der Waals surface area contributed by atoms with Gasteiger partial charge in [0.1, 0.15) is 12.1 Å². The third-order valence-corrected chi connectivity index (χ3v) is 4.56. The van der Waals surface area contributed by atoms with Gasteiger partial charge in [-0.1, -0.05) is 35.9 Å². The Kier molecular flexibility index (Phi) is 5.42. The molecule has 136 valence electrons. The van der Waals surface area contributed by atoms with Crippen molar-refractivity contribution in [2.24, 2.45) is 0 Å². The molecule has 5 nitrogen and oxygen atoms in total. The molecule has 1 aliphatic rings. The maximum atomic E-state index is 13.8. The summed E-state index contributed by atoms with van der Waals surface area (Å²) < 4.78 is 24.3. The Morgan fingerprint density at radius 2 is 1.85 bits per heavy atom. The zero-order chi connectivity index (χ0) is 18.7. The molecule has 0 aliphatic carbocycles. The molecule has 0 spiro atoms. The molecule has 1 fully saturated rings. The fourth-order valence-electron chi connectivity index (χ4n) is 2.98. The molecule has 0 bridgehead atoms. The van der Waals surface area contributed by atoms with Crippen LogP contribution in [0.15, 0.2) is 48.5 Å². The van der Waals surface area contributed by atoms with E-state index in [0.29, 0.717) is 5.02 Å². The average Bonchev–Trinajstić information content (AvgIpc) is 3.07. The number of rotatable bonds is 4. The first-order valence-electron chi connectivity index (χ1n) is 8.05. The topological polar surface area (TPSA) is 55.8 Å². The van der Waals surface area contributed by atoms with Gasteiger partial charge >= 0.3 is 5.97 Å². The SMILES string of the molecule is COC(=O)[C@H]1C[C@@H](Oc2ccccc2F)CN1C(=O)c1ccccc1Cl. The lowest BCUT2D eigenvalue weighted by Gasteiger charge is -2.22. The van der Waals surface area contributed by atoms with Crippen molar-refractivity contribution >= 4 is 23.5 Å². The van der Waals surface area contributed by atoms with Crippen LogP contribution in [0.25, 0.3) is 0 Å². The highest BCUT2D eigenvalue weighted by Gasteiger charge is 2.42. The number of halogens is 2. The fourth-order valence-corrected chi connectivity index (χ4v) is 3.19. The van der Waals surface area contributed by atoms with Gasteiger partial charge in [-0.15, -0.1) is 0 Å². The van der Waals surface area contributed by atoms with Crippen molar-refractivity contribution in [2.45, 2.75) is 18.6 Å². The number of benzene rings is 2. The highest BCUT2D eigenvalue weighted by Crippen LogP contribution is 2.28. The number of carbonyl (C=O) groups excluding carboxylic acids is 2. The number of nitrogens with zero attached hydrogens (tertiary/aromatic N) is 1. The van der Waals surface area contributed by atoms with Crippen molar-refractivity contribution in [3.63, 3.8) is 0 Å². The van der Waals surface area contributed by atoms with Gasteiger partial charge in [0.2, 0.25) is 0 Å². The lowest BCUT2D eigenvalue weighted by molar-refractivity contribution is -0.145. The Bertz CT molecular complexity index is 829. The Hall–Kier alpha value is -2.60. The van der Waals surface area contributed by atoms with E-state index in [2.05, 4.69) is 0 Å². The summed E-state index contributed by atoms with van der Waals surface area (Å²) in [6, 6.07) is 11.8. The average molecular weight is 378 g/mol. The Balaban J connectivity index is 1.83. The number of methoxy groups -OCH3 is 1. The van der Waals surface area contributed by atoms with Gasteiger partial charge in [-0.05, 0) is 24.3 Å². The third-order valence-electron chi connectivity index (χ3n) is 4.23. The molecular formula is C19H17ClFNO4. The smallest absolute Gasteiger partial charge is 0.328 e. The van der Waals surface area contributed by atoms with Gasteiger partial charge in [-0.3, -0.25) is 4.79 Å². The van der Waals surface area contributed by atoms with Crippen molar-refractivity contribution in [1.29, 1.82) is 0 Å². The standard InChI is InChI=1S/C19H17ClFNO4/c1-25-19(24)16-10-12(26-17-9-5-4-8-15(17)21)11-22(16)18(23)13-6-2-3-7-14(13)20/h2-9,12,16H,10-11H2,1H3/t12-,16-/m1/s1. The predicted molar refractivity (Wildman–Crippen MR) is 93.7 cm³/mol. The van der Waals surface area contributed by atoms with Gasteiger partial charge < -0.3 is 14.4 Å². The minimum absolute atomic E-state index is 0.0770. The fraction of sp³-hybridized carbons (Fsp3) is 0.263. The molecule has 7 heteroatoms. The minimum Gasteiger partial charge on any atom is -0.485 e. The van der Waals surface area contributed by atoms with E-state index in [9.17, 15) is 14.0 Å². The normalized spacial score (nSPS) is 19.3. The molecule has 1 heterocycles. The van der Waals surface area contributed by atoms with E-state index in [1.807, 2.05) is 0 Å². The zero-order valence-electron chi connectivity index (χ0n) is 14.0. The Morgan fingerprint density at radius 3 is 2.54 bits per heavy atom. The van der Waals surface area contributed by atoms with Crippen molar-refractivity contribution in [3.05, 3.63) is 64.9 Å². The molecule has 0 radical (unpaired) electrons. The van der Waals surface area contributed by atoms with E-state index < -0.39 is 29.8 Å². The maximum Gasteiger partial charge on any atom is 0.328 e. The van der Waals surface area contributed by atoms with Crippen LogP contribution in [0.5, 0.6) is 5.75 Å². The molecule has 3 rings (SSSR count). The quantitative estimate of drug-likeness (QED) is 0.767. The lowest BCUT2D eigenvalue weighted by atomic mass is 10.1. The molecule has 2 atom stereocenters. The second-order valence-electron chi connectivity index (χ2n) is 5.88. The molecule has 0 unspecified atom stereocenters. The van der Waals surface area contributed by atoms with Crippen LogP contribution in [0.4, 0.5) is 4.39 Å². The molecule has 0 saturated carbocycles. The van der Waals surface area contributed by atoms with Crippen LogP contribution in [0.1, 0.15) is 16.8 Å². The summed E-state index contributed by atoms with van der Waals surface area (Å²) in [5, 5.41) is 0.291. The zero-order valence-corrected chi connectivity index (χ0v) is 14.8. The van der Waals surface area contributed by atoms with Crippen molar-refractivity contribution in [2.75, 3.05) is 13.7 Å². The first-order valence-corrected chi connectivity index (χ1v) is 8.43. The van der Waals surface area contributed by atoms with Gasteiger partial charge in [0.15, 0.2) is 11.6 Å².